The Balaban J connectivity index is 2.92. The Kier molecular flexibility index (Phi) is 2.62. The standard InChI is InChI=1S/C10H6ClFIN/c1-5-2-8-7(10(12)9(5)11)3-6(13)4-14-8/h2-4H,1H3. The van der Waals surface area contributed by atoms with E-state index in [1.165, 1.54) is 0 Å². The minimum absolute atomic E-state index is 0.182. The van der Waals surface area contributed by atoms with E-state index >= 15 is 0 Å². The minimum atomic E-state index is -0.382. The molecule has 1 aromatic carbocycles. The largest absolute Gasteiger partial charge is 0.255 e. The third kappa shape index (κ3) is 1.59. The van der Waals surface area contributed by atoms with E-state index in [0.717, 1.165) is 3.57 Å². The average Bonchev–Trinajstić information content (AvgIpc) is 2.16. The molecule has 0 amide bonds. The van der Waals surface area contributed by atoms with Crippen molar-refractivity contribution in [3.8, 4) is 0 Å². The van der Waals surface area contributed by atoms with Gasteiger partial charge in [-0.1, -0.05) is 11.6 Å². The topological polar surface area (TPSA) is 12.9 Å². The number of hydrogen-bond donors (Lipinski definition) is 0. The summed E-state index contributed by atoms with van der Waals surface area (Å²) >= 11 is 7.90. The van der Waals surface area contributed by atoms with E-state index in [2.05, 4.69) is 27.6 Å². The fourth-order valence-electron chi connectivity index (χ4n) is 1.30. The van der Waals surface area contributed by atoms with Crippen molar-refractivity contribution in [1.29, 1.82) is 0 Å². The van der Waals surface area contributed by atoms with Gasteiger partial charge < -0.3 is 0 Å². The van der Waals surface area contributed by atoms with Crippen LogP contribution in [0, 0.1) is 16.3 Å². The van der Waals surface area contributed by atoms with Gasteiger partial charge in [0.15, 0.2) is 5.82 Å². The Bertz CT molecular complexity index is 513. The first-order chi connectivity index (χ1) is 6.59. The van der Waals surface area contributed by atoms with Crippen molar-refractivity contribution < 1.29 is 4.39 Å². The second kappa shape index (κ2) is 3.62. The molecule has 0 bridgehead atoms. The monoisotopic (exact) mass is 321 g/mol. The number of aromatic nitrogens is 1. The van der Waals surface area contributed by atoms with Crippen molar-refractivity contribution in [2.24, 2.45) is 0 Å². The molecule has 0 saturated heterocycles. The van der Waals surface area contributed by atoms with E-state index < -0.39 is 0 Å². The van der Waals surface area contributed by atoms with Crippen LogP contribution in [0.5, 0.6) is 0 Å². The van der Waals surface area contributed by atoms with Gasteiger partial charge >= 0.3 is 0 Å². The number of aryl methyl sites for hydroxylation is 1. The first kappa shape index (κ1) is 10.1. The lowest BCUT2D eigenvalue weighted by molar-refractivity contribution is 0.639. The van der Waals surface area contributed by atoms with Crippen LogP contribution in [0.25, 0.3) is 10.9 Å². The molecular weight excluding hydrogens is 315 g/mol. The molecule has 2 aromatic rings. The van der Waals surface area contributed by atoms with Gasteiger partial charge in [-0.15, -0.1) is 0 Å². The maximum Gasteiger partial charge on any atom is 0.151 e. The summed E-state index contributed by atoms with van der Waals surface area (Å²) in [4.78, 5) is 4.14. The van der Waals surface area contributed by atoms with Crippen LogP contribution in [-0.4, -0.2) is 4.98 Å². The number of halogens is 3. The number of hydrogen-bond acceptors (Lipinski definition) is 1. The van der Waals surface area contributed by atoms with Crippen molar-refractivity contribution >= 4 is 45.1 Å². The van der Waals surface area contributed by atoms with Gasteiger partial charge in [-0.05, 0) is 47.2 Å². The average molecular weight is 322 g/mol. The van der Waals surface area contributed by atoms with E-state index in [4.69, 9.17) is 11.6 Å². The van der Waals surface area contributed by atoms with Crippen molar-refractivity contribution in [2.45, 2.75) is 6.92 Å². The Morgan fingerprint density at radius 1 is 1.43 bits per heavy atom. The van der Waals surface area contributed by atoms with Gasteiger partial charge in [0.25, 0.3) is 0 Å². The highest BCUT2D eigenvalue weighted by Crippen LogP contribution is 2.27. The van der Waals surface area contributed by atoms with Crippen LogP contribution in [0.2, 0.25) is 5.02 Å². The maximum atomic E-state index is 13.7. The van der Waals surface area contributed by atoms with Gasteiger partial charge in [0, 0.05) is 15.2 Å². The number of fused-ring (bicyclic) bond motifs is 1. The SMILES string of the molecule is Cc1cc2ncc(I)cc2c(F)c1Cl. The smallest absolute Gasteiger partial charge is 0.151 e. The fraction of sp³-hybridized carbons (Fsp3) is 0.100. The van der Waals surface area contributed by atoms with Gasteiger partial charge in [0.1, 0.15) is 0 Å². The number of rotatable bonds is 0. The first-order valence-electron chi connectivity index (χ1n) is 3.99. The zero-order valence-electron chi connectivity index (χ0n) is 7.31. The van der Waals surface area contributed by atoms with Crippen LogP contribution in [-0.2, 0) is 0 Å². The Labute approximate surface area is 99.4 Å². The molecule has 0 saturated carbocycles. The molecule has 0 spiro atoms. The number of nitrogens with zero attached hydrogens (tertiary/aromatic N) is 1. The normalized spacial score (nSPS) is 10.9. The maximum absolute atomic E-state index is 13.7. The summed E-state index contributed by atoms with van der Waals surface area (Å²) in [6, 6.07) is 3.53. The molecular formula is C10H6ClFIN. The van der Waals surface area contributed by atoms with Gasteiger partial charge in [0.05, 0.1) is 10.5 Å². The molecule has 0 N–H and O–H groups in total. The van der Waals surface area contributed by atoms with Crippen LogP contribution >= 0.6 is 34.2 Å². The molecule has 72 valence electrons. The highest BCUT2D eigenvalue weighted by Gasteiger charge is 2.09. The van der Waals surface area contributed by atoms with E-state index in [0.29, 0.717) is 16.5 Å². The zero-order valence-corrected chi connectivity index (χ0v) is 10.2. The number of pyridine rings is 1. The summed E-state index contributed by atoms with van der Waals surface area (Å²) in [5.74, 6) is -0.382. The van der Waals surface area contributed by atoms with Crippen molar-refractivity contribution in [1.82, 2.24) is 4.98 Å². The van der Waals surface area contributed by atoms with Crippen molar-refractivity contribution in [2.75, 3.05) is 0 Å². The molecule has 2 rings (SSSR count). The quantitative estimate of drug-likeness (QED) is 0.670. The van der Waals surface area contributed by atoms with Gasteiger partial charge in [-0.25, -0.2) is 4.39 Å². The lowest BCUT2D eigenvalue weighted by Gasteiger charge is -2.04. The minimum Gasteiger partial charge on any atom is -0.255 e. The lowest BCUT2D eigenvalue weighted by Crippen LogP contribution is -1.89. The first-order valence-corrected chi connectivity index (χ1v) is 5.45. The summed E-state index contributed by atoms with van der Waals surface area (Å²) in [7, 11) is 0. The molecule has 0 unspecified atom stereocenters. The predicted molar refractivity (Wildman–Crippen MR) is 64.2 cm³/mol. The second-order valence-electron chi connectivity index (χ2n) is 3.04. The van der Waals surface area contributed by atoms with E-state index in [1.807, 2.05) is 0 Å². The van der Waals surface area contributed by atoms with Crippen LogP contribution in [0.3, 0.4) is 0 Å². The molecule has 0 atom stereocenters. The molecule has 1 nitrogen and oxygen atoms in total. The van der Waals surface area contributed by atoms with Gasteiger partial charge in [0.2, 0.25) is 0 Å². The molecule has 0 fully saturated rings. The Morgan fingerprint density at radius 3 is 2.86 bits per heavy atom. The molecule has 4 heteroatoms. The second-order valence-corrected chi connectivity index (χ2v) is 4.67. The highest BCUT2D eigenvalue weighted by molar-refractivity contribution is 14.1. The Hall–Kier alpha value is -0.420. The van der Waals surface area contributed by atoms with E-state index in [-0.39, 0.29) is 10.8 Å². The Morgan fingerprint density at radius 2 is 2.14 bits per heavy atom. The molecule has 0 radical (unpaired) electrons. The molecule has 1 heterocycles. The summed E-state index contributed by atoms with van der Waals surface area (Å²) in [6.45, 7) is 1.77. The molecule has 0 aliphatic rings. The third-order valence-corrected chi connectivity index (χ3v) is 3.07. The zero-order chi connectivity index (χ0) is 10.3. The van der Waals surface area contributed by atoms with Crippen LogP contribution in [0.15, 0.2) is 18.3 Å². The number of benzene rings is 1. The third-order valence-electron chi connectivity index (χ3n) is 2.01. The molecule has 0 aliphatic heterocycles. The predicted octanol–water partition coefficient (Wildman–Crippen LogP) is 3.94. The molecule has 1 aromatic heterocycles. The van der Waals surface area contributed by atoms with E-state index in [1.54, 1.807) is 25.3 Å². The summed E-state index contributed by atoms with van der Waals surface area (Å²) in [5.41, 5.74) is 1.36. The van der Waals surface area contributed by atoms with Crippen molar-refractivity contribution in [3.63, 3.8) is 0 Å². The van der Waals surface area contributed by atoms with Crippen molar-refractivity contribution in [3.05, 3.63) is 38.3 Å². The van der Waals surface area contributed by atoms with Gasteiger partial charge in [-0.2, -0.15) is 0 Å². The highest BCUT2D eigenvalue weighted by atomic mass is 127. The van der Waals surface area contributed by atoms with Crippen LogP contribution < -0.4 is 0 Å². The fourth-order valence-corrected chi connectivity index (χ4v) is 1.91. The van der Waals surface area contributed by atoms with Crippen LogP contribution in [0.4, 0.5) is 4.39 Å². The summed E-state index contributed by atoms with van der Waals surface area (Å²) in [6.07, 6.45) is 1.70. The van der Waals surface area contributed by atoms with Gasteiger partial charge in [-0.3, -0.25) is 4.98 Å². The molecule has 14 heavy (non-hydrogen) atoms. The van der Waals surface area contributed by atoms with E-state index in [9.17, 15) is 4.39 Å². The summed E-state index contributed by atoms with van der Waals surface area (Å²) in [5, 5.41) is 0.661. The van der Waals surface area contributed by atoms with Crippen LogP contribution in [0.1, 0.15) is 5.56 Å². The lowest BCUT2D eigenvalue weighted by atomic mass is 10.1. The molecule has 0 aliphatic carbocycles. The summed E-state index contributed by atoms with van der Waals surface area (Å²) < 4.78 is 14.6.